The third-order valence-corrected chi connectivity index (χ3v) is 7.44. The minimum absolute atomic E-state index is 0. The van der Waals surface area contributed by atoms with Crippen LogP contribution in [0.2, 0.25) is 0 Å². The topological polar surface area (TPSA) is 234 Å². The first kappa shape index (κ1) is 58.4. The van der Waals surface area contributed by atoms with Gasteiger partial charge in [-0.1, -0.05) is 80.1 Å². The van der Waals surface area contributed by atoms with Gasteiger partial charge in [-0.05, 0) is 38.5 Å². The highest BCUT2D eigenvalue weighted by atomic mass is 31.2. The lowest BCUT2D eigenvalue weighted by molar-refractivity contribution is 0.170. The van der Waals surface area contributed by atoms with E-state index in [-0.39, 0.29) is 51.9 Å². The van der Waals surface area contributed by atoms with Gasteiger partial charge in [-0.2, -0.15) is 0 Å². The molecule has 46 heavy (non-hydrogen) atoms. The van der Waals surface area contributed by atoms with Gasteiger partial charge in [0.15, 0.2) is 0 Å². The zero-order chi connectivity index (χ0) is 35.0. The van der Waals surface area contributed by atoms with E-state index in [1.54, 1.807) is 0 Å². The molecule has 0 aliphatic carbocycles. The molecular formula is C24H62F4N2O12P4. The van der Waals surface area contributed by atoms with E-state index < -0.39 is 31.6 Å². The maximum Gasteiger partial charge on any atom is 0.513 e. The molecule has 0 amide bonds. The van der Waals surface area contributed by atoms with Crippen LogP contribution in [0.1, 0.15) is 119 Å². The normalized spacial score (nSPS) is 13.5. The Balaban J connectivity index is -0.000000116. The molecule has 0 aromatic carbocycles. The highest BCUT2D eigenvalue weighted by Crippen LogP contribution is 2.50. The Morgan fingerprint density at radius 2 is 0.543 bits per heavy atom. The lowest BCUT2D eigenvalue weighted by Gasteiger charge is -2.08. The Morgan fingerprint density at radius 1 is 0.391 bits per heavy atom. The summed E-state index contributed by atoms with van der Waals surface area (Å²) in [6.45, 7) is 12.2. The third kappa shape index (κ3) is 63.0. The summed E-state index contributed by atoms with van der Waals surface area (Å²) in [5.41, 5.74) is 0. The fourth-order valence-corrected chi connectivity index (χ4v) is 4.24. The van der Waals surface area contributed by atoms with Gasteiger partial charge in [-0.15, -0.1) is 16.8 Å². The summed E-state index contributed by atoms with van der Waals surface area (Å²) in [5.74, 6) is 0. The lowest BCUT2D eigenvalue weighted by atomic mass is 10.4. The van der Waals surface area contributed by atoms with Crippen molar-refractivity contribution in [2.24, 2.45) is 0 Å². The molecule has 0 aliphatic rings. The summed E-state index contributed by atoms with van der Waals surface area (Å²) in [6, 6.07) is 0. The SMILES string of the molecule is CCCCOP(=O)(F)OCCCC.CCCCOP(=O)(F)OCCCC.CCCCOP(=O)(O)F.CCCCOP(=O)(O)F.N.N. The van der Waals surface area contributed by atoms with Gasteiger partial charge in [-0.3, -0.25) is 36.9 Å². The predicted molar refractivity (Wildman–Crippen MR) is 174 cm³/mol. The summed E-state index contributed by atoms with van der Waals surface area (Å²) in [7, 11) is -17.9. The Labute approximate surface area is 274 Å². The first-order valence-corrected chi connectivity index (χ1v) is 20.7. The van der Waals surface area contributed by atoms with Crippen molar-refractivity contribution in [2.45, 2.75) is 119 Å². The van der Waals surface area contributed by atoms with Gasteiger partial charge in [0.2, 0.25) is 0 Å². The lowest BCUT2D eigenvalue weighted by Crippen LogP contribution is -1.95. The molecule has 0 bridgehead atoms. The molecule has 0 aromatic heterocycles. The summed E-state index contributed by atoms with van der Waals surface area (Å²) in [5, 5.41) is 0. The number of rotatable bonds is 24. The van der Waals surface area contributed by atoms with E-state index in [9.17, 15) is 35.0 Å². The molecule has 2 unspecified atom stereocenters. The standard InChI is InChI=1S/2C8H18FO3P.2C4H10FO3P.2H3N/c2*1-3-5-7-11-13(9,10)12-8-6-4-2;2*1-2-3-4-8-9(5,6)7;;/h2*3-8H2,1-2H3;2*2-4H2,1H3,(H,6,7);2*1H3. The summed E-state index contributed by atoms with van der Waals surface area (Å²) in [4.78, 5) is 15.8. The van der Waals surface area contributed by atoms with Gasteiger partial charge >= 0.3 is 31.6 Å². The molecule has 0 aromatic rings. The van der Waals surface area contributed by atoms with Crippen LogP contribution in [-0.4, -0.2) is 49.4 Å². The van der Waals surface area contributed by atoms with Crippen molar-refractivity contribution in [1.82, 2.24) is 12.3 Å². The van der Waals surface area contributed by atoms with Crippen LogP contribution in [0.15, 0.2) is 0 Å². The van der Waals surface area contributed by atoms with Crippen molar-refractivity contribution in [2.75, 3.05) is 39.6 Å². The fourth-order valence-electron chi connectivity index (χ4n) is 1.99. The van der Waals surface area contributed by atoms with Crippen LogP contribution < -0.4 is 12.3 Å². The second-order valence-corrected chi connectivity index (χ2v) is 14.0. The Bertz CT molecular complexity index is 723. The largest absolute Gasteiger partial charge is 0.513 e. The first-order chi connectivity index (χ1) is 20.4. The Morgan fingerprint density at radius 3 is 0.674 bits per heavy atom. The molecule has 0 fully saturated rings. The molecule has 2 atom stereocenters. The monoisotopic (exact) mass is 770 g/mol. The van der Waals surface area contributed by atoms with E-state index in [4.69, 9.17) is 9.79 Å². The van der Waals surface area contributed by atoms with Crippen LogP contribution in [0, 0.1) is 0 Å². The van der Waals surface area contributed by atoms with Crippen molar-refractivity contribution in [3.05, 3.63) is 0 Å². The third-order valence-electron chi connectivity index (χ3n) is 4.47. The predicted octanol–water partition coefficient (Wildman–Crippen LogP) is 11.5. The van der Waals surface area contributed by atoms with E-state index in [1.807, 2.05) is 41.5 Å². The second-order valence-electron chi connectivity index (χ2n) is 8.88. The van der Waals surface area contributed by atoms with Crippen LogP contribution in [0.3, 0.4) is 0 Å². The van der Waals surface area contributed by atoms with Gasteiger partial charge in [0, 0.05) is 0 Å². The zero-order valence-electron chi connectivity index (χ0n) is 28.4. The van der Waals surface area contributed by atoms with E-state index in [2.05, 4.69) is 27.1 Å². The maximum absolute atomic E-state index is 12.8. The molecular weight excluding hydrogens is 708 g/mol. The van der Waals surface area contributed by atoms with E-state index >= 15 is 0 Å². The zero-order valence-corrected chi connectivity index (χ0v) is 32.0. The van der Waals surface area contributed by atoms with E-state index in [0.29, 0.717) is 38.5 Å². The molecule has 0 rings (SSSR count). The quantitative estimate of drug-likeness (QED) is 0.0406. The number of hydrogen-bond donors (Lipinski definition) is 4. The maximum atomic E-state index is 12.8. The van der Waals surface area contributed by atoms with E-state index in [0.717, 1.165) is 38.5 Å². The Kier molecular flexibility index (Phi) is 48.3. The van der Waals surface area contributed by atoms with Crippen molar-refractivity contribution in [1.29, 1.82) is 0 Å². The van der Waals surface area contributed by atoms with E-state index in [1.165, 1.54) is 0 Å². The Hall–Kier alpha value is 0.240. The van der Waals surface area contributed by atoms with Crippen LogP contribution >= 0.6 is 31.6 Å². The van der Waals surface area contributed by atoms with Crippen LogP contribution in [0.4, 0.5) is 16.8 Å². The van der Waals surface area contributed by atoms with Gasteiger partial charge in [0.25, 0.3) is 0 Å². The molecule has 0 aliphatic heterocycles. The summed E-state index contributed by atoms with van der Waals surface area (Å²) >= 11 is 0. The molecule has 288 valence electrons. The molecule has 8 N–H and O–H groups in total. The number of hydrogen-bond acceptors (Lipinski definition) is 12. The fraction of sp³-hybridized carbons (Fsp3) is 1.00. The summed E-state index contributed by atoms with van der Waals surface area (Å²) in [6.07, 6.45) is 9.18. The molecule has 0 saturated carbocycles. The minimum Gasteiger partial charge on any atom is -0.344 e. The molecule has 0 radical (unpaired) electrons. The second kappa shape index (κ2) is 38.0. The van der Waals surface area contributed by atoms with Crippen molar-refractivity contribution < 1.29 is 72.0 Å². The van der Waals surface area contributed by atoms with Gasteiger partial charge in [-0.25, -0.2) is 18.3 Å². The highest BCUT2D eigenvalue weighted by Gasteiger charge is 2.23. The van der Waals surface area contributed by atoms with Crippen molar-refractivity contribution in [3.8, 4) is 0 Å². The minimum atomic E-state index is -4.70. The molecule has 22 heteroatoms. The number of halogens is 4. The van der Waals surface area contributed by atoms with Crippen molar-refractivity contribution in [3.63, 3.8) is 0 Å². The molecule has 14 nitrogen and oxygen atoms in total. The van der Waals surface area contributed by atoms with Crippen LogP contribution in [-0.2, 0) is 45.4 Å². The smallest absolute Gasteiger partial charge is 0.344 e. The average molecular weight is 771 g/mol. The van der Waals surface area contributed by atoms with Crippen LogP contribution in [0.5, 0.6) is 0 Å². The number of unbranched alkanes of at least 4 members (excludes halogenated alkanes) is 6. The molecule has 0 heterocycles. The van der Waals surface area contributed by atoms with Crippen molar-refractivity contribution >= 4 is 31.6 Å². The molecule has 0 saturated heterocycles. The molecule has 0 spiro atoms. The average Bonchev–Trinajstić information content (AvgIpc) is 2.89. The summed E-state index contributed by atoms with van der Waals surface area (Å²) < 4.78 is 116. The van der Waals surface area contributed by atoms with Gasteiger partial charge in [0.05, 0.1) is 39.6 Å². The highest BCUT2D eigenvalue weighted by molar-refractivity contribution is 7.48. The van der Waals surface area contributed by atoms with Crippen LogP contribution in [0.25, 0.3) is 0 Å². The van der Waals surface area contributed by atoms with Gasteiger partial charge in [0.1, 0.15) is 0 Å². The first-order valence-electron chi connectivity index (χ1n) is 14.9. The van der Waals surface area contributed by atoms with Gasteiger partial charge < -0.3 is 12.3 Å².